The Morgan fingerprint density at radius 3 is 1.90 bits per heavy atom. The largest absolute Gasteiger partial charge is 0.497 e. The molecule has 0 heterocycles. The molecule has 0 saturated heterocycles. The van der Waals surface area contributed by atoms with Crippen molar-refractivity contribution in [1.82, 2.24) is 0 Å². The molecule has 4 heteroatoms. The summed E-state index contributed by atoms with van der Waals surface area (Å²) in [4.78, 5) is 0. The van der Waals surface area contributed by atoms with E-state index >= 15 is 0 Å². The van der Waals surface area contributed by atoms with Gasteiger partial charge in [-0.15, -0.1) is 0 Å². The highest BCUT2D eigenvalue weighted by molar-refractivity contribution is 7.46. The molecule has 0 aliphatic heterocycles. The lowest BCUT2D eigenvalue weighted by molar-refractivity contribution is 0.242. The van der Waals surface area contributed by atoms with Crippen LogP contribution in [0.1, 0.15) is 45.1 Å². The molecule has 0 atom stereocenters. The van der Waals surface area contributed by atoms with E-state index in [9.17, 15) is 0 Å². The summed E-state index contributed by atoms with van der Waals surface area (Å²) >= 11 is 0. The van der Waals surface area contributed by atoms with Gasteiger partial charge in [0.1, 0.15) is 5.75 Å². The van der Waals surface area contributed by atoms with Crippen molar-refractivity contribution in [3.8, 4) is 5.75 Å². The fourth-order valence-corrected chi connectivity index (χ4v) is 3.06. The summed E-state index contributed by atoms with van der Waals surface area (Å²) in [6.07, 6.45) is 5.35. The second-order valence-corrected chi connectivity index (χ2v) is 6.21. The molecule has 0 spiro atoms. The normalized spacial score (nSPS) is 11.0. The number of ether oxygens (including phenoxy) is 1. The Hall–Kier alpha value is -0.630. The average Bonchev–Trinajstić information content (AvgIpc) is 2.48. The van der Waals surface area contributed by atoms with Gasteiger partial charge < -0.3 is 13.8 Å². The SMILES string of the molecule is CCCCOP(Cc1ccc(OC)cc1)OCCCC. The summed E-state index contributed by atoms with van der Waals surface area (Å²) in [6, 6.07) is 8.14. The highest BCUT2D eigenvalue weighted by Gasteiger charge is 2.11. The Kier molecular flexibility index (Phi) is 9.65. The van der Waals surface area contributed by atoms with Crippen LogP contribution in [-0.4, -0.2) is 20.3 Å². The number of rotatable bonds is 11. The van der Waals surface area contributed by atoms with Crippen molar-refractivity contribution in [2.45, 2.75) is 45.7 Å². The zero-order chi connectivity index (χ0) is 14.6. The fraction of sp³-hybridized carbons (Fsp3) is 0.625. The Morgan fingerprint density at radius 1 is 0.900 bits per heavy atom. The second kappa shape index (κ2) is 11.1. The van der Waals surface area contributed by atoms with Gasteiger partial charge in [-0.2, -0.15) is 0 Å². The Labute approximate surface area is 124 Å². The molecule has 114 valence electrons. The molecule has 1 aromatic carbocycles. The first-order chi connectivity index (χ1) is 9.80. The van der Waals surface area contributed by atoms with Crippen LogP contribution in [0, 0.1) is 0 Å². The molecule has 0 fully saturated rings. The average molecular weight is 298 g/mol. The van der Waals surface area contributed by atoms with Crippen LogP contribution in [0.3, 0.4) is 0 Å². The predicted molar refractivity (Wildman–Crippen MR) is 85.3 cm³/mol. The smallest absolute Gasteiger partial charge is 0.175 e. The minimum absolute atomic E-state index is 0.796. The quantitative estimate of drug-likeness (QED) is 0.418. The van der Waals surface area contributed by atoms with Crippen molar-refractivity contribution >= 4 is 8.38 Å². The van der Waals surface area contributed by atoms with Crippen LogP contribution >= 0.6 is 8.38 Å². The van der Waals surface area contributed by atoms with Gasteiger partial charge in [0.25, 0.3) is 0 Å². The predicted octanol–water partition coefficient (Wildman–Crippen LogP) is 5.14. The van der Waals surface area contributed by atoms with Crippen LogP contribution in [0.4, 0.5) is 0 Å². The van der Waals surface area contributed by atoms with Gasteiger partial charge >= 0.3 is 0 Å². The summed E-state index contributed by atoms with van der Waals surface area (Å²) in [6.45, 7) is 5.94. The van der Waals surface area contributed by atoms with E-state index in [1.165, 1.54) is 5.56 Å². The molecule has 3 nitrogen and oxygen atoms in total. The lowest BCUT2D eigenvalue weighted by atomic mass is 10.2. The number of hydrogen-bond donors (Lipinski definition) is 0. The van der Waals surface area contributed by atoms with E-state index in [0.717, 1.165) is 50.8 Å². The molecule has 0 N–H and O–H groups in total. The summed E-state index contributed by atoms with van der Waals surface area (Å²) in [5.41, 5.74) is 1.24. The zero-order valence-electron chi connectivity index (χ0n) is 12.9. The molecule has 0 radical (unpaired) electrons. The van der Waals surface area contributed by atoms with Crippen molar-refractivity contribution in [2.24, 2.45) is 0 Å². The van der Waals surface area contributed by atoms with Gasteiger partial charge in [-0.05, 0) is 30.5 Å². The molecule has 0 saturated carbocycles. The zero-order valence-corrected chi connectivity index (χ0v) is 13.8. The van der Waals surface area contributed by atoms with Crippen molar-refractivity contribution in [3.63, 3.8) is 0 Å². The van der Waals surface area contributed by atoms with Gasteiger partial charge in [-0.25, -0.2) is 0 Å². The minimum atomic E-state index is -0.815. The summed E-state index contributed by atoms with van der Waals surface area (Å²) in [5, 5.41) is 0. The maximum absolute atomic E-state index is 5.90. The molecule has 1 rings (SSSR count). The topological polar surface area (TPSA) is 27.7 Å². The molecule has 0 aliphatic rings. The van der Waals surface area contributed by atoms with Crippen molar-refractivity contribution in [2.75, 3.05) is 20.3 Å². The first-order valence-corrected chi connectivity index (χ1v) is 8.82. The minimum Gasteiger partial charge on any atom is -0.497 e. The highest BCUT2D eigenvalue weighted by atomic mass is 31.2. The first kappa shape index (κ1) is 17.4. The van der Waals surface area contributed by atoms with Gasteiger partial charge in [0.05, 0.1) is 20.3 Å². The van der Waals surface area contributed by atoms with E-state index in [1.54, 1.807) is 7.11 Å². The summed E-state index contributed by atoms with van der Waals surface area (Å²) in [5.74, 6) is 0.886. The molecule has 0 bridgehead atoms. The van der Waals surface area contributed by atoms with Gasteiger partial charge in [0.15, 0.2) is 8.38 Å². The summed E-state index contributed by atoms with van der Waals surface area (Å²) in [7, 11) is 0.869. The van der Waals surface area contributed by atoms with Gasteiger partial charge in [0, 0.05) is 6.16 Å². The van der Waals surface area contributed by atoms with Crippen LogP contribution in [0.5, 0.6) is 5.75 Å². The van der Waals surface area contributed by atoms with E-state index in [4.69, 9.17) is 13.8 Å². The maximum Gasteiger partial charge on any atom is 0.175 e. The number of benzene rings is 1. The molecule has 0 unspecified atom stereocenters. The molecule has 1 aromatic rings. The number of unbranched alkanes of at least 4 members (excludes halogenated alkanes) is 2. The fourth-order valence-electron chi connectivity index (χ4n) is 1.63. The molecule has 20 heavy (non-hydrogen) atoms. The van der Waals surface area contributed by atoms with Crippen LogP contribution in [-0.2, 0) is 15.2 Å². The third-order valence-electron chi connectivity index (χ3n) is 2.94. The van der Waals surface area contributed by atoms with E-state index in [1.807, 2.05) is 12.1 Å². The van der Waals surface area contributed by atoms with E-state index in [0.29, 0.717) is 0 Å². The Bertz CT molecular complexity index is 330. The molecule has 0 aliphatic carbocycles. The third-order valence-corrected chi connectivity index (χ3v) is 4.50. The van der Waals surface area contributed by atoms with Crippen LogP contribution in [0.2, 0.25) is 0 Å². The first-order valence-electron chi connectivity index (χ1n) is 7.46. The van der Waals surface area contributed by atoms with Crippen LogP contribution in [0.15, 0.2) is 24.3 Å². The standard InChI is InChI=1S/C16H27O3P/c1-4-6-12-18-20(19-13-7-5-2)14-15-8-10-16(17-3)11-9-15/h8-11H,4-7,12-14H2,1-3H3. The maximum atomic E-state index is 5.90. The molecule has 0 aromatic heterocycles. The van der Waals surface area contributed by atoms with Crippen LogP contribution < -0.4 is 4.74 Å². The number of methoxy groups -OCH3 is 1. The van der Waals surface area contributed by atoms with E-state index in [-0.39, 0.29) is 0 Å². The van der Waals surface area contributed by atoms with Gasteiger partial charge in [-0.3, -0.25) is 0 Å². The van der Waals surface area contributed by atoms with Crippen molar-refractivity contribution < 1.29 is 13.8 Å². The van der Waals surface area contributed by atoms with E-state index in [2.05, 4.69) is 26.0 Å². The molecular formula is C16H27O3P. The van der Waals surface area contributed by atoms with Gasteiger partial charge in [-0.1, -0.05) is 38.8 Å². The second-order valence-electron chi connectivity index (χ2n) is 4.71. The molecule has 0 amide bonds. The Balaban J connectivity index is 2.47. The number of hydrogen-bond acceptors (Lipinski definition) is 3. The van der Waals surface area contributed by atoms with Crippen LogP contribution in [0.25, 0.3) is 0 Å². The third kappa shape index (κ3) is 7.23. The van der Waals surface area contributed by atoms with Crippen molar-refractivity contribution in [1.29, 1.82) is 0 Å². The summed E-state index contributed by atoms with van der Waals surface area (Å²) < 4.78 is 17.0. The lowest BCUT2D eigenvalue weighted by Crippen LogP contribution is -1.98. The molecular weight excluding hydrogens is 271 g/mol. The highest BCUT2D eigenvalue weighted by Crippen LogP contribution is 2.42. The Morgan fingerprint density at radius 2 is 1.45 bits per heavy atom. The van der Waals surface area contributed by atoms with Crippen molar-refractivity contribution in [3.05, 3.63) is 29.8 Å². The van der Waals surface area contributed by atoms with E-state index < -0.39 is 8.38 Å². The monoisotopic (exact) mass is 298 g/mol. The lowest BCUT2D eigenvalue weighted by Gasteiger charge is -2.17. The van der Waals surface area contributed by atoms with Gasteiger partial charge in [0.2, 0.25) is 0 Å².